The van der Waals surface area contributed by atoms with Gasteiger partial charge >= 0.3 is 0 Å². The summed E-state index contributed by atoms with van der Waals surface area (Å²) in [5.74, 6) is 1.11. The highest BCUT2D eigenvalue weighted by molar-refractivity contribution is 5.51. The summed E-state index contributed by atoms with van der Waals surface area (Å²) in [4.78, 5) is 0. The van der Waals surface area contributed by atoms with Crippen LogP contribution in [0.1, 0.15) is 11.1 Å². The first-order valence-electron chi connectivity index (χ1n) is 7.11. The molecule has 126 valence electrons. The second-order valence-electron chi connectivity index (χ2n) is 4.81. The molecule has 0 N–H and O–H groups in total. The molecular weight excluding hydrogens is 308 g/mol. The van der Waals surface area contributed by atoms with Gasteiger partial charge in [0.1, 0.15) is 0 Å². The van der Waals surface area contributed by atoms with Crippen molar-refractivity contribution in [1.29, 1.82) is 10.5 Å². The molecule has 1 aromatic rings. The predicted octanol–water partition coefficient (Wildman–Crippen LogP) is 2.90. The number of methoxy groups -OCH3 is 4. The quantitative estimate of drug-likeness (QED) is 0.539. The van der Waals surface area contributed by atoms with E-state index in [9.17, 15) is 10.5 Å². The predicted molar refractivity (Wildman–Crippen MR) is 88.4 cm³/mol. The van der Waals surface area contributed by atoms with Crippen LogP contribution in [0.25, 0.3) is 0 Å². The number of benzene rings is 1. The molecule has 0 fully saturated rings. The second-order valence-corrected chi connectivity index (χ2v) is 4.81. The summed E-state index contributed by atoms with van der Waals surface area (Å²) in [6.07, 6.45) is 3.50. The van der Waals surface area contributed by atoms with Crippen LogP contribution in [0.5, 0.6) is 11.5 Å². The topological polar surface area (TPSA) is 84.5 Å². The molecule has 0 aliphatic heterocycles. The number of hydrogen-bond acceptors (Lipinski definition) is 6. The Bertz CT molecular complexity index is 648. The van der Waals surface area contributed by atoms with Crippen LogP contribution in [0.15, 0.2) is 35.8 Å². The Hall–Kier alpha value is -3.12. The molecule has 0 aliphatic carbocycles. The molecule has 0 unspecified atom stereocenters. The van der Waals surface area contributed by atoms with E-state index in [1.54, 1.807) is 26.4 Å². The average molecular weight is 328 g/mol. The zero-order valence-electron chi connectivity index (χ0n) is 14.3. The largest absolute Gasteiger partial charge is 0.503 e. The van der Waals surface area contributed by atoms with Crippen LogP contribution in [-0.2, 0) is 22.3 Å². The number of ether oxygens (including phenoxy) is 4. The van der Waals surface area contributed by atoms with Crippen LogP contribution >= 0.6 is 0 Å². The Morgan fingerprint density at radius 1 is 0.833 bits per heavy atom. The van der Waals surface area contributed by atoms with Gasteiger partial charge < -0.3 is 18.9 Å². The maximum Gasteiger partial charge on any atom is 0.161 e. The fraction of sp³-hybridized carbons (Fsp3) is 0.333. The van der Waals surface area contributed by atoms with Gasteiger partial charge in [-0.05, 0) is 23.3 Å². The van der Waals surface area contributed by atoms with E-state index >= 15 is 0 Å². The van der Waals surface area contributed by atoms with Crippen LogP contribution in [-0.4, -0.2) is 28.4 Å². The minimum atomic E-state index is 0.353. The van der Waals surface area contributed by atoms with E-state index in [2.05, 4.69) is 12.1 Å². The van der Waals surface area contributed by atoms with E-state index < -0.39 is 0 Å². The fourth-order valence-electron chi connectivity index (χ4n) is 2.20. The Morgan fingerprint density at radius 2 is 1.21 bits per heavy atom. The third-order valence-corrected chi connectivity index (χ3v) is 3.28. The van der Waals surface area contributed by atoms with E-state index in [1.165, 1.54) is 26.7 Å². The van der Waals surface area contributed by atoms with Crippen molar-refractivity contribution in [3.8, 4) is 23.6 Å². The normalized spacial score (nSPS) is 11.2. The lowest BCUT2D eigenvalue weighted by Crippen LogP contribution is -2.02. The molecule has 6 nitrogen and oxygen atoms in total. The molecule has 0 saturated carbocycles. The Labute approximate surface area is 142 Å². The summed E-state index contributed by atoms with van der Waals surface area (Å²) >= 11 is 0. The van der Waals surface area contributed by atoms with Crippen molar-refractivity contribution in [3.63, 3.8) is 0 Å². The summed E-state index contributed by atoms with van der Waals surface area (Å²) in [5, 5.41) is 18.4. The second kappa shape index (κ2) is 9.81. The number of hydrogen-bond donors (Lipinski definition) is 0. The van der Waals surface area contributed by atoms with Gasteiger partial charge in [-0.2, -0.15) is 10.5 Å². The molecule has 6 heteroatoms. The Balaban J connectivity index is 3.37. The van der Waals surface area contributed by atoms with Gasteiger partial charge in [0.05, 0.1) is 64.2 Å². The molecule has 0 saturated heterocycles. The lowest BCUT2D eigenvalue weighted by atomic mass is 9.95. The van der Waals surface area contributed by atoms with Gasteiger partial charge in [-0.25, -0.2) is 0 Å². The van der Waals surface area contributed by atoms with E-state index in [1.807, 2.05) is 0 Å². The number of allylic oxidation sites excluding steroid dienone is 2. The van der Waals surface area contributed by atoms with Crippen molar-refractivity contribution >= 4 is 0 Å². The first-order valence-corrected chi connectivity index (χ1v) is 7.11. The minimum absolute atomic E-state index is 0.353. The summed E-state index contributed by atoms with van der Waals surface area (Å²) in [7, 11) is 6.07. The van der Waals surface area contributed by atoms with Crippen LogP contribution < -0.4 is 9.47 Å². The Kier molecular flexibility index (Phi) is 7.73. The monoisotopic (exact) mass is 328 g/mol. The van der Waals surface area contributed by atoms with E-state index in [4.69, 9.17) is 18.9 Å². The highest BCUT2D eigenvalue weighted by atomic mass is 16.5. The molecule has 0 aliphatic rings. The zero-order valence-corrected chi connectivity index (χ0v) is 14.3. The summed E-state index contributed by atoms with van der Waals surface area (Å²) in [6, 6.07) is 7.80. The lowest BCUT2D eigenvalue weighted by molar-refractivity contribution is 0.334. The van der Waals surface area contributed by atoms with E-state index in [0.717, 1.165) is 11.1 Å². The first kappa shape index (κ1) is 18.9. The highest BCUT2D eigenvalue weighted by Crippen LogP contribution is 2.32. The van der Waals surface area contributed by atoms with Crippen molar-refractivity contribution in [1.82, 2.24) is 0 Å². The van der Waals surface area contributed by atoms with Gasteiger partial charge in [0.2, 0.25) is 0 Å². The molecule has 24 heavy (non-hydrogen) atoms. The van der Waals surface area contributed by atoms with Gasteiger partial charge in [0.25, 0.3) is 0 Å². The van der Waals surface area contributed by atoms with Crippen LogP contribution in [0.4, 0.5) is 0 Å². The summed E-state index contributed by atoms with van der Waals surface area (Å²) in [5.41, 5.74) is 2.60. The van der Waals surface area contributed by atoms with Gasteiger partial charge in [-0.1, -0.05) is 0 Å². The van der Waals surface area contributed by atoms with Gasteiger partial charge in [-0.15, -0.1) is 0 Å². The molecule has 0 aromatic heterocycles. The molecular formula is C18H20N2O4. The molecule has 1 aromatic carbocycles. The third kappa shape index (κ3) is 4.96. The van der Waals surface area contributed by atoms with Gasteiger partial charge in [0, 0.05) is 12.8 Å². The van der Waals surface area contributed by atoms with Gasteiger partial charge in [0.15, 0.2) is 11.5 Å². The third-order valence-electron chi connectivity index (χ3n) is 3.28. The van der Waals surface area contributed by atoms with Crippen molar-refractivity contribution in [3.05, 3.63) is 46.9 Å². The standard InChI is InChI=1S/C18H20N2O4/c1-21-11-13(9-19)5-15-7-17(23-3)18(24-4)8-16(15)6-14(10-20)12-22-2/h7-8,11-12H,5-6H2,1-4H3/b13-11-,14-12-. The van der Waals surface area contributed by atoms with Crippen molar-refractivity contribution in [2.75, 3.05) is 28.4 Å². The fourth-order valence-corrected chi connectivity index (χ4v) is 2.20. The maximum atomic E-state index is 9.21. The first-order chi connectivity index (χ1) is 11.6. The number of rotatable bonds is 8. The smallest absolute Gasteiger partial charge is 0.161 e. The van der Waals surface area contributed by atoms with Crippen molar-refractivity contribution in [2.45, 2.75) is 12.8 Å². The maximum absolute atomic E-state index is 9.21. The molecule has 1 rings (SSSR count). The van der Waals surface area contributed by atoms with Crippen molar-refractivity contribution < 1.29 is 18.9 Å². The lowest BCUT2D eigenvalue weighted by Gasteiger charge is -2.14. The molecule has 0 atom stereocenters. The molecule has 0 bridgehead atoms. The summed E-state index contributed by atoms with van der Waals surface area (Å²) < 4.78 is 20.5. The van der Waals surface area contributed by atoms with Gasteiger partial charge in [-0.3, -0.25) is 0 Å². The molecule has 0 spiro atoms. The summed E-state index contributed by atoms with van der Waals surface area (Å²) in [6.45, 7) is 0. The minimum Gasteiger partial charge on any atom is -0.503 e. The molecule has 0 amide bonds. The van der Waals surface area contributed by atoms with Crippen LogP contribution in [0.2, 0.25) is 0 Å². The molecule has 0 heterocycles. The van der Waals surface area contributed by atoms with Crippen LogP contribution in [0, 0.1) is 22.7 Å². The SMILES string of the molecule is CO/C=C(\C#N)Cc1cc(OC)c(OC)cc1C/C(C#N)=C/OC. The van der Waals surface area contributed by atoms with E-state index in [-0.39, 0.29) is 0 Å². The van der Waals surface area contributed by atoms with Crippen molar-refractivity contribution in [2.24, 2.45) is 0 Å². The van der Waals surface area contributed by atoms with Crippen LogP contribution in [0.3, 0.4) is 0 Å². The zero-order chi connectivity index (χ0) is 17.9. The number of nitriles is 2. The number of nitrogens with zero attached hydrogens (tertiary/aromatic N) is 2. The average Bonchev–Trinajstić information content (AvgIpc) is 2.61. The van der Waals surface area contributed by atoms with E-state index in [0.29, 0.717) is 35.5 Å². The Morgan fingerprint density at radius 3 is 1.46 bits per heavy atom. The highest BCUT2D eigenvalue weighted by Gasteiger charge is 2.14. The molecule has 0 radical (unpaired) electrons.